The van der Waals surface area contributed by atoms with Crippen LogP contribution in [0.25, 0.3) is 11.1 Å². The molecule has 0 saturated carbocycles. The highest BCUT2D eigenvalue weighted by molar-refractivity contribution is 5.71. The zero-order valence-electron chi connectivity index (χ0n) is 14.3. The van der Waals surface area contributed by atoms with Crippen LogP contribution in [0.2, 0.25) is 0 Å². The van der Waals surface area contributed by atoms with E-state index < -0.39 is 0 Å². The largest absolute Gasteiger partial charge is 0.270 e. The van der Waals surface area contributed by atoms with Crippen LogP contribution in [-0.2, 0) is 12.8 Å². The van der Waals surface area contributed by atoms with E-state index in [0.717, 1.165) is 12.8 Å². The van der Waals surface area contributed by atoms with Crippen molar-refractivity contribution in [2.45, 2.75) is 66.3 Å². The fraction of sp³-hybridized carbons (Fsp3) is 0.526. The zero-order chi connectivity index (χ0) is 15.6. The SMILES string of the molecule is CCc1cc(C(C)C)cc(CC)c1-c1cnn(C(C)C)c1. The molecule has 0 unspecified atom stereocenters. The number of nitrogens with zero attached hydrogens (tertiary/aromatic N) is 2. The molecule has 114 valence electrons. The van der Waals surface area contributed by atoms with Crippen molar-refractivity contribution in [1.82, 2.24) is 9.78 Å². The van der Waals surface area contributed by atoms with Gasteiger partial charge >= 0.3 is 0 Å². The summed E-state index contributed by atoms with van der Waals surface area (Å²) < 4.78 is 2.05. The molecule has 2 aromatic rings. The third-order valence-corrected chi connectivity index (χ3v) is 4.17. The van der Waals surface area contributed by atoms with Crippen LogP contribution in [0.15, 0.2) is 24.5 Å². The summed E-state index contributed by atoms with van der Waals surface area (Å²) in [5, 5.41) is 4.52. The molecule has 0 bridgehead atoms. The topological polar surface area (TPSA) is 17.8 Å². The van der Waals surface area contributed by atoms with E-state index in [1.807, 2.05) is 10.9 Å². The Morgan fingerprint density at radius 3 is 1.95 bits per heavy atom. The van der Waals surface area contributed by atoms with Crippen LogP contribution < -0.4 is 0 Å². The van der Waals surface area contributed by atoms with Crippen LogP contribution in [0.1, 0.15) is 70.2 Å². The Balaban J connectivity index is 2.59. The minimum Gasteiger partial charge on any atom is -0.270 e. The maximum Gasteiger partial charge on any atom is 0.0568 e. The number of benzene rings is 1. The average Bonchev–Trinajstić information content (AvgIpc) is 2.95. The quantitative estimate of drug-likeness (QED) is 0.721. The fourth-order valence-corrected chi connectivity index (χ4v) is 2.81. The zero-order valence-corrected chi connectivity index (χ0v) is 14.3. The van der Waals surface area contributed by atoms with Gasteiger partial charge in [0.05, 0.1) is 6.20 Å². The van der Waals surface area contributed by atoms with Gasteiger partial charge in [-0.05, 0) is 54.9 Å². The molecule has 0 saturated heterocycles. The van der Waals surface area contributed by atoms with Crippen molar-refractivity contribution in [2.75, 3.05) is 0 Å². The number of hydrogen-bond donors (Lipinski definition) is 0. The molecule has 0 spiro atoms. The highest BCUT2D eigenvalue weighted by Gasteiger charge is 2.14. The third-order valence-electron chi connectivity index (χ3n) is 4.17. The summed E-state index contributed by atoms with van der Waals surface area (Å²) in [5.74, 6) is 0.577. The summed E-state index contributed by atoms with van der Waals surface area (Å²) in [4.78, 5) is 0. The van der Waals surface area contributed by atoms with Crippen LogP contribution in [0.4, 0.5) is 0 Å². The average molecular weight is 284 g/mol. The number of aromatic nitrogens is 2. The van der Waals surface area contributed by atoms with Crippen molar-refractivity contribution in [3.8, 4) is 11.1 Å². The summed E-state index contributed by atoms with van der Waals surface area (Å²) in [7, 11) is 0. The van der Waals surface area contributed by atoms with E-state index in [4.69, 9.17) is 0 Å². The minimum absolute atomic E-state index is 0.406. The first-order valence-corrected chi connectivity index (χ1v) is 8.18. The molecular formula is C19H28N2. The second-order valence-electron chi connectivity index (χ2n) is 6.38. The first kappa shape index (κ1) is 15.8. The molecule has 1 aromatic carbocycles. The molecule has 0 radical (unpaired) electrons. The van der Waals surface area contributed by atoms with Gasteiger partial charge in [0.1, 0.15) is 0 Å². The number of rotatable bonds is 5. The van der Waals surface area contributed by atoms with Gasteiger partial charge in [0.15, 0.2) is 0 Å². The summed E-state index contributed by atoms with van der Waals surface area (Å²) in [5.41, 5.74) is 7.00. The van der Waals surface area contributed by atoms with Crippen LogP contribution in [0, 0.1) is 0 Å². The summed E-state index contributed by atoms with van der Waals surface area (Å²) >= 11 is 0. The van der Waals surface area contributed by atoms with Crippen molar-refractivity contribution in [3.63, 3.8) is 0 Å². The first-order valence-electron chi connectivity index (χ1n) is 8.18. The van der Waals surface area contributed by atoms with Crippen molar-refractivity contribution in [2.24, 2.45) is 0 Å². The Bertz CT molecular complexity index is 581. The van der Waals surface area contributed by atoms with Gasteiger partial charge in [-0.1, -0.05) is 39.8 Å². The van der Waals surface area contributed by atoms with Crippen molar-refractivity contribution < 1.29 is 0 Å². The van der Waals surface area contributed by atoms with Crippen molar-refractivity contribution >= 4 is 0 Å². The summed E-state index contributed by atoms with van der Waals surface area (Å²) in [6, 6.07) is 5.17. The Hall–Kier alpha value is -1.57. The maximum absolute atomic E-state index is 4.52. The van der Waals surface area contributed by atoms with E-state index >= 15 is 0 Å². The van der Waals surface area contributed by atoms with Gasteiger partial charge in [-0.3, -0.25) is 4.68 Å². The molecule has 0 amide bonds. The van der Waals surface area contributed by atoms with Gasteiger partial charge in [-0.2, -0.15) is 5.10 Å². The maximum atomic E-state index is 4.52. The lowest BCUT2D eigenvalue weighted by Crippen LogP contribution is -2.00. The number of aryl methyl sites for hydroxylation is 2. The van der Waals surface area contributed by atoms with E-state index in [1.165, 1.54) is 27.8 Å². The van der Waals surface area contributed by atoms with Gasteiger partial charge in [-0.15, -0.1) is 0 Å². The van der Waals surface area contributed by atoms with Gasteiger partial charge < -0.3 is 0 Å². The van der Waals surface area contributed by atoms with Crippen LogP contribution in [-0.4, -0.2) is 9.78 Å². The normalized spacial score (nSPS) is 11.6. The van der Waals surface area contributed by atoms with E-state index in [-0.39, 0.29) is 0 Å². The lowest BCUT2D eigenvalue weighted by Gasteiger charge is -2.16. The molecule has 1 heterocycles. The van der Waals surface area contributed by atoms with E-state index in [2.05, 4.69) is 65.0 Å². The van der Waals surface area contributed by atoms with E-state index in [9.17, 15) is 0 Å². The highest BCUT2D eigenvalue weighted by atomic mass is 15.3. The smallest absolute Gasteiger partial charge is 0.0568 e. The first-order chi connectivity index (χ1) is 9.97. The fourth-order valence-electron chi connectivity index (χ4n) is 2.81. The Morgan fingerprint density at radius 1 is 1.00 bits per heavy atom. The minimum atomic E-state index is 0.406. The van der Waals surface area contributed by atoms with Crippen molar-refractivity contribution in [1.29, 1.82) is 0 Å². The Labute approximate surface area is 129 Å². The molecule has 0 fully saturated rings. The van der Waals surface area contributed by atoms with Crippen LogP contribution >= 0.6 is 0 Å². The Kier molecular flexibility index (Phi) is 4.87. The standard InChI is InChI=1S/C19H28N2/c1-7-15-9-17(13(3)4)10-16(8-2)19(15)18-11-20-21(12-18)14(5)6/h9-14H,7-8H2,1-6H3. The Morgan fingerprint density at radius 2 is 1.57 bits per heavy atom. The molecule has 21 heavy (non-hydrogen) atoms. The van der Waals surface area contributed by atoms with E-state index in [1.54, 1.807) is 0 Å². The second kappa shape index (κ2) is 6.46. The van der Waals surface area contributed by atoms with Crippen LogP contribution in [0.5, 0.6) is 0 Å². The molecule has 0 atom stereocenters. The lowest BCUT2D eigenvalue weighted by atomic mass is 9.88. The monoisotopic (exact) mass is 284 g/mol. The molecule has 0 aliphatic heterocycles. The molecular weight excluding hydrogens is 256 g/mol. The summed E-state index contributed by atoms with van der Waals surface area (Å²) in [6.45, 7) is 13.4. The van der Waals surface area contributed by atoms with Crippen molar-refractivity contribution in [3.05, 3.63) is 41.2 Å². The molecule has 2 rings (SSSR count). The van der Waals surface area contributed by atoms with Gasteiger partial charge in [0.25, 0.3) is 0 Å². The molecule has 0 aliphatic carbocycles. The van der Waals surface area contributed by atoms with Gasteiger partial charge in [0, 0.05) is 17.8 Å². The second-order valence-corrected chi connectivity index (χ2v) is 6.38. The molecule has 0 aliphatic rings. The third kappa shape index (κ3) is 3.20. The predicted molar refractivity (Wildman–Crippen MR) is 90.9 cm³/mol. The molecule has 2 heteroatoms. The predicted octanol–water partition coefficient (Wildman–Crippen LogP) is 5.38. The number of hydrogen-bond acceptors (Lipinski definition) is 1. The molecule has 1 aromatic heterocycles. The van der Waals surface area contributed by atoms with Gasteiger partial charge in [0.2, 0.25) is 0 Å². The molecule has 2 nitrogen and oxygen atoms in total. The summed E-state index contributed by atoms with van der Waals surface area (Å²) in [6.07, 6.45) is 6.33. The van der Waals surface area contributed by atoms with Crippen LogP contribution in [0.3, 0.4) is 0 Å². The van der Waals surface area contributed by atoms with Gasteiger partial charge in [-0.25, -0.2) is 0 Å². The lowest BCUT2D eigenvalue weighted by molar-refractivity contribution is 0.532. The highest BCUT2D eigenvalue weighted by Crippen LogP contribution is 2.32. The molecule has 0 N–H and O–H groups in total. The van der Waals surface area contributed by atoms with E-state index in [0.29, 0.717) is 12.0 Å².